The van der Waals surface area contributed by atoms with Gasteiger partial charge < -0.3 is 5.32 Å². The monoisotopic (exact) mass is 384 g/mol. The van der Waals surface area contributed by atoms with Crippen molar-refractivity contribution in [2.45, 2.75) is 30.1 Å². The Balaban J connectivity index is 1.56. The molecule has 132 valence electrons. The van der Waals surface area contributed by atoms with Crippen molar-refractivity contribution < 1.29 is 18.4 Å². The SMILES string of the molecule is CC(=O)N(c1nnc(SCC(=O)Nc2ccc(F)cc2F)s1)C1CC1. The van der Waals surface area contributed by atoms with E-state index in [9.17, 15) is 18.4 Å². The molecule has 0 saturated heterocycles. The second-order valence-corrected chi connectivity index (χ2v) is 7.61. The number of carbonyl (C=O) groups excluding carboxylic acids is 2. The van der Waals surface area contributed by atoms with Gasteiger partial charge in [0.15, 0.2) is 4.34 Å². The van der Waals surface area contributed by atoms with Crippen LogP contribution in [0.5, 0.6) is 0 Å². The Labute approximate surface area is 150 Å². The van der Waals surface area contributed by atoms with Crippen LogP contribution in [0.15, 0.2) is 22.5 Å². The molecule has 10 heteroatoms. The Kier molecular flexibility index (Phi) is 5.28. The van der Waals surface area contributed by atoms with E-state index in [2.05, 4.69) is 15.5 Å². The van der Waals surface area contributed by atoms with Gasteiger partial charge in [-0.15, -0.1) is 10.2 Å². The first-order chi connectivity index (χ1) is 11.9. The summed E-state index contributed by atoms with van der Waals surface area (Å²) in [5, 5.41) is 10.9. The highest BCUT2D eigenvalue weighted by atomic mass is 32.2. The van der Waals surface area contributed by atoms with Gasteiger partial charge >= 0.3 is 0 Å². The average molecular weight is 384 g/mol. The van der Waals surface area contributed by atoms with E-state index >= 15 is 0 Å². The number of hydrogen-bond acceptors (Lipinski definition) is 6. The quantitative estimate of drug-likeness (QED) is 0.612. The highest BCUT2D eigenvalue weighted by molar-refractivity contribution is 8.01. The van der Waals surface area contributed by atoms with Crippen molar-refractivity contribution in [2.75, 3.05) is 16.0 Å². The predicted octanol–water partition coefficient (Wildman–Crippen LogP) is 3.06. The Bertz CT molecular complexity index is 811. The third kappa shape index (κ3) is 4.51. The molecular formula is C15H14F2N4O2S2. The first-order valence-corrected chi connectivity index (χ1v) is 9.25. The summed E-state index contributed by atoms with van der Waals surface area (Å²) >= 11 is 2.37. The fourth-order valence-corrected chi connectivity index (χ4v) is 3.90. The first kappa shape index (κ1) is 17.7. The van der Waals surface area contributed by atoms with E-state index < -0.39 is 17.5 Å². The number of nitrogens with zero attached hydrogens (tertiary/aromatic N) is 3. The normalized spacial score (nSPS) is 13.6. The largest absolute Gasteiger partial charge is 0.323 e. The molecule has 0 radical (unpaired) electrons. The number of thioether (sulfide) groups is 1. The molecule has 1 aliphatic carbocycles. The molecule has 1 aromatic heterocycles. The molecular weight excluding hydrogens is 370 g/mol. The van der Waals surface area contributed by atoms with Gasteiger partial charge in [0.05, 0.1) is 11.4 Å². The molecule has 0 unspecified atom stereocenters. The summed E-state index contributed by atoms with van der Waals surface area (Å²) in [6, 6.07) is 3.12. The average Bonchev–Trinajstić information content (AvgIpc) is 3.26. The van der Waals surface area contributed by atoms with Gasteiger partial charge in [0.25, 0.3) is 0 Å². The molecule has 1 fully saturated rings. The van der Waals surface area contributed by atoms with E-state index in [1.165, 1.54) is 18.3 Å². The van der Waals surface area contributed by atoms with Crippen LogP contribution in [0.2, 0.25) is 0 Å². The van der Waals surface area contributed by atoms with Crippen LogP contribution in [-0.4, -0.2) is 33.8 Å². The van der Waals surface area contributed by atoms with E-state index in [-0.39, 0.29) is 23.4 Å². The summed E-state index contributed by atoms with van der Waals surface area (Å²) in [4.78, 5) is 25.2. The summed E-state index contributed by atoms with van der Waals surface area (Å²) in [7, 11) is 0. The molecule has 1 heterocycles. The lowest BCUT2D eigenvalue weighted by molar-refractivity contribution is -0.116. The predicted molar refractivity (Wildman–Crippen MR) is 91.8 cm³/mol. The number of rotatable bonds is 6. The zero-order valence-corrected chi connectivity index (χ0v) is 14.8. The van der Waals surface area contributed by atoms with Crippen molar-refractivity contribution in [1.82, 2.24) is 10.2 Å². The topological polar surface area (TPSA) is 75.2 Å². The standard InChI is InChI=1S/C15H14F2N4O2S2/c1-8(22)21(10-3-4-10)14-19-20-15(25-14)24-7-13(23)18-12-5-2-9(16)6-11(12)17/h2,5-6,10H,3-4,7H2,1H3,(H,18,23). The van der Waals surface area contributed by atoms with Crippen molar-refractivity contribution in [3.8, 4) is 0 Å². The molecule has 0 spiro atoms. The molecule has 0 atom stereocenters. The fraction of sp³-hybridized carbons (Fsp3) is 0.333. The summed E-state index contributed by atoms with van der Waals surface area (Å²) in [5.41, 5.74) is -0.0820. The van der Waals surface area contributed by atoms with Crippen molar-refractivity contribution in [2.24, 2.45) is 0 Å². The lowest BCUT2D eigenvalue weighted by Crippen LogP contribution is -2.30. The van der Waals surface area contributed by atoms with Gasteiger partial charge in [0.1, 0.15) is 11.6 Å². The zero-order chi connectivity index (χ0) is 18.0. The molecule has 1 aliphatic rings. The summed E-state index contributed by atoms with van der Waals surface area (Å²) in [5.74, 6) is -2.08. The number of anilines is 2. The van der Waals surface area contributed by atoms with Gasteiger partial charge in [-0.3, -0.25) is 14.5 Å². The maximum Gasteiger partial charge on any atom is 0.234 e. The maximum absolute atomic E-state index is 13.5. The van der Waals surface area contributed by atoms with E-state index in [0.717, 1.165) is 36.7 Å². The first-order valence-electron chi connectivity index (χ1n) is 7.45. The number of hydrogen-bond donors (Lipinski definition) is 1. The molecule has 1 N–H and O–H groups in total. The van der Waals surface area contributed by atoms with Crippen molar-refractivity contribution in [3.63, 3.8) is 0 Å². The number of amides is 2. The summed E-state index contributed by atoms with van der Waals surface area (Å²) in [6.07, 6.45) is 1.90. The molecule has 3 rings (SSSR count). The number of nitrogens with one attached hydrogen (secondary N) is 1. The molecule has 25 heavy (non-hydrogen) atoms. The molecule has 2 aromatic rings. The Hall–Kier alpha value is -2.07. The molecule has 1 saturated carbocycles. The van der Waals surface area contributed by atoms with Crippen molar-refractivity contribution in [1.29, 1.82) is 0 Å². The number of aromatic nitrogens is 2. The van der Waals surface area contributed by atoms with Gasteiger partial charge in [-0.1, -0.05) is 23.1 Å². The second-order valence-electron chi connectivity index (χ2n) is 5.43. The highest BCUT2D eigenvalue weighted by Crippen LogP contribution is 2.35. The molecule has 1 aromatic carbocycles. The summed E-state index contributed by atoms with van der Waals surface area (Å²) in [6.45, 7) is 1.48. The number of carbonyl (C=O) groups is 2. The van der Waals surface area contributed by atoms with Crippen molar-refractivity contribution >= 4 is 45.7 Å². The Morgan fingerprint density at radius 3 is 2.76 bits per heavy atom. The number of benzene rings is 1. The molecule has 6 nitrogen and oxygen atoms in total. The van der Waals surface area contributed by atoms with Crippen LogP contribution in [-0.2, 0) is 9.59 Å². The zero-order valence-electron chi connectivity index (χ0n) is 13.2. The number of halogens is 2. The Morgan fingerprint density at radius 1 is 1.36 bits per heavy atom. The molecule has 0 aliphatic heterocycles. The lowest BCUT2D eigenvalue weighted by Gasteiger charge is -2.15. The third-order valence-electron chi connectivity index (χ3n) is 3.39. The van der Waals surface area contributed by atoms with Gasteiger partial charge in [-0.25, -0.2) is 8.78 Å². The van der Waals surface area contributed by atoms with Crippen LogP contribution in [0.1, 0.15) is 19.8 Å². The third-order valence-corrected chi connectivity index (χ3v) is 5.44. The molecule has 0 bridgehead atoms. The minimum atomic E-state index is -0.835. The molecule has 2 amide bonds. The minimum Gasteiger partial charge on any atom is -0.323 e. The van der Waals surface area contributed by atoms with Gasteiger partial charge in [0, 0.05) is 19.0 Å². The smallest absolute Gasteiger partial charge is 0.234 e. The van der Waals surface area contributed by atoms with Gasteiger partial charge in [-0.2, -0.15) is 0 Å². The van der Waals surface area contributed by atoms with E-state index in [1.807, 2.05) is 0 Å². The Morgan fingerprint density at radius 2 is 2.12 bits per heavy atom. The summed E-state index contributed by atoms with van der Waals surface area (Å²) < 4.78 is 26.9. The van der Waals surface area contributed by atoms with Crippen LogP contribution in [0, 0.1) is 11.6 Å². The highest BCUT2D eigenvalue weighted by Gasteiger charge is 2.34. The maximum atomic E-state index is 13.5. The van der Waals surface area contributed by atoms with Crippen LogP contribution in [0.3, 0.4) is 0 Å². The van der Waals surface area contributed by atoms with Gasteiger partial charge in [-0.05, 0) is 25.0 Å². The van der Waals surface area contributed by atoms with Crippen LogP contribution >= 0.6 is 23.1 Å². The van der Waals surface area contributed by atoms with E-state index in [1.54, 1.807) is 4.90 Å². The van der Waals surface area contributed by atoms with Crippen LogP contribution in [0.25, 0.3) is 0 Å². The van der Waals surface area contributed by atoms with E-state index in [4.69, 9.17) is 0 Å². The van der Waals surface area contributed by atoms with E-state index in [0.29, 0.717) is 15.5 Å². The van der Waals surface area contributed by atoms with Crippen molar-refractivity contribution in [3.05, 3.63) is 29.8 Å². The van der Waals surface area contributed by atoms with Crippen LogP contribution < -0.4 is 10.2 Å². The lowest BCUT2D eigenvalue weighted by atomic mass is 10.3. The fourth-order valence-electron chi connectivity index (χ4n) is 2.14. The second kappa shape index (κ2) is 7.44. The van der Waals surface area contributed by atoms with Gasteiger partial charge in [0.2, 0.25) is 16.9 Å². The minimum absolute atomic E-state index is 0.00501. The van der Waals surface area contributed by atoms with Crippen LogP contribution in [0.4, 0.5) is 19.6 Å².